The van der Waals surface area contributed by atoms with Gasteiger partial charge >= 0.3 is 0 Å². The number of amides is 2. The van der Waals surface area contributed by atoms with E-state index >= 15 is 0 Å². The number of likely N-dealkylation sites (tertiary alicyclic amines) is 1. The molecule has 8 heteroatoms. The van der Waals surface area contributed by atoms with Gasteiger partial charge in [-0.2, -0.15) is 0 Å². The Balaban J connectivity index is 1.18. The Bertz CT molecular complexity index is 1230. The van der Waals surface area contributed by atoms with E-state index in [4.69, 9.17) is 9.15 Å². The topological polar surface area (TPSA) is 87.9 Å². The van der Waals surface area contributed by atoms with E-state index < -0.39 is 0 Å². The van der Waals surface area contributed by atoms with Crippen LogP contribution in [0.25, 0.3) is 11.5 Å². The third-order valence-corrected chi connectivity index (χ3v) is 8.00. The summed E-state index contributed by atoms with van der Waals surface area (Å²) < 4.78 is 11.8. The number of hydrogen-bond acceptors (Lipinski definition) is 6. The molecular weight excluding hydrogens is 492 g/mol. The quantitative estimate of drug-likeness (QED) is 0.452. The highest BCUT2D eigenvalue weighted by atomic mass is 16.5. The molecule has 0 spiro atoms. The second-order valence-corrected chi connectivity index (χ2v) is 10.8. The highest BCUT2D eigenvalue weighted by molar-refractivity contribution is 5.95. The summed E-state index contributed by atoms with van der Waals surface area (Å²) >= 11 is 0. The normalized spacial score (nSPS) is 20.5. The lowest BCUT2D eigenvalue weighted by Crippen LogP contribution is -2.46. The molecule has 2 amide bonds. The second-order valence-electron chi connectivity index (χ2n) is 10.8. The van der Waals surface area contributed by atoms with Gasteiger partial charge in [0.2, 0.25) is 5.89 Å². The summed E-state index contributed by atoms with van der Waals surface area (Å²) in [6, 6.07) is 17.5. The molecule has 2 atom stereocenters. The Morgan fingerprint density at radius 2 is 1.74 bits per heavy atom. The lowest BCUT2D eigenvalue weighted by molar-refractivity contribution is -0.00466. The summed E-state index contributed by atoms with van der Waals surface area (Å²) in [5.41, 5.74) is 2.70. The van der Waals surface area contributed by atoms with Gasteiger partial charge in [-0.25, -0.2) is 4.98 Å². The first-order chi connectivity index (χ1) is 19.0. The van der Waals surface area contributed by atoms with Gasteiger partial charge < -0.3 is 24.3 Å². The zero-order valence-corrected chi connectivity index (χ0v) is 22.8. The van der Waals surface area contributed by atoms with Gasteiger partial charge in [-0.1, -0.05) is 43.2 Å². The van der Waals surface area contributed by atoms with Crippen molar-refractivity contribution in [1.82, 2.24) is 20.1 Å². The van der Waals surface area contributed by atoms with Crippen LogP contribution >= 0.6 is 0 Å². The molecule has 1 N–H and O–H groups in total. The van der Waals surface area contributed by atoms with Crippen LogP contribution in [-0.4, -0.2) is 72.0 Å². The summed E-state index contributed by atoms with van der Waals surface area (Å²) in [7, 11) is 4.00. The van der Waals surface area contributed by atoms with Crippen LogP contribution in [0.4, 0.5) is 0 Å². The Hall–Kier alpha value is -3.49. The maximum atomic E-state index is 13.0. The number of benzene rings is 2. The SMILES string of the molecule is CN1CCC(N(C)C(=O)c2ccc(-c3nc(C(=O)N[C@H]4CCCC[C@@H]4OCc4ccccc4)co3)cc2)CC1. The van der Waals surface area contributed by atoms with E-state index in [-0.39, 0.29) is 35.7 Å². The molecule has 206 valence electrons. The van der Waals surface area contributed by atoms with Crippen molar-refractivity contribution in [3.05, 3.63) is 77.7 Å². The molecule has 1 saturated heterocycles. The van der Waals surface area contributed by atoms with Gasteiger partial charge in [0.25, 0.3) is 11.8 Å². The molecule has 0 radical (unpaired) electrons. The molecule has 3 aromatic rings. The van der Waals surface area contributed by atoms with Crippen LogP contribution in [-0.2, 0) is 11.3 Å². The summed E-state index contributed by atoms with van der Waals surface area (Å²) in [5, 5.41) is 3.12. The Kier molecular flexibility index (Phi) is 8.74. The van der Waals surface area contributed by atoms with Crippen LogP contribution in [0.3, 0.4) is 0 Å². The molecule has 1 aliphatic carbocycles. The van der Waals surface area contributed by atoms with Crippen molar-refractivity contribution in [3.63, 3.8) is 0 Å². The van der Waals surface area contributed by atoms with Gasteiger partial charge in [-0.05, 0) is 75.6 Å². The molecule has 0 unspecified atom stereocenters. The Morgan fingerprint density at radius 1 is 1.03 bits per heavy atom. The summed E-state index contributed by atoms with van der Waals surface area (Å²) in [6.45, 7) is 2.53. The van der Waals surface area contributed by atoms with Crippen molar-refractivity contribution in [2.75, 3.05) is 27.2 Å². The molecule has 1 saturated carbocycles. The average Bonchev–Trinajstić information content (AvgIpc) is 3.48. The minimum absolute atomic E-state index is 0.0140. The number of piperidine rings is 1. The van der Waals surface area contributed by atoms with Crippen LogP contribution in [0, 0.1) is 0 Å². The van der Waals surface area contributed by atoms with Crippen LogP contribution in [0.15, 0.2) is 65.3 Å². The first-order valence-electron chi connectivity index (χ1n) is 14.0. The highest BCUT2D eigenvalue weighted by Crippen LogP contribution is 2.24. The molecule has 1 aliphatic heterocycles. The summed E-state index contributed by atoms with van der Waals surface area (Å²) in [4.78, 5) is 34.6. The third kappa shape index (κ3) is 6.75. The lowest BCUT2D eigenvalue weighted by Gasteiger charge is -2.35. The van der Waals surface area contributed by atoms with Crippen LogP contribution in [0.2, 0.25) is 0 Å². The molecule has 5 rings (SSSR count). The van der Waals surface area contributed by atoms with Gasteiger partial charge in [-0.15, -0.1) is 0 Å². The van der Waals surface area contributed by atoms with Crippen molar-refractivity contribution >= 4 is 11.8 Å². The maximum absolute atomic E-state index is 13.0. The average molecular weight is 531 g/mol. The van der Waals surface area contributed by atoms with Gasteiger partial charge in [0.15, 0.2) is 5.69 Å². The molecular formula is C31H38N4O4. The summed E-state index contributed by atoms with van der Waals surface area (Å²) in [5.74, 6) is 0.0974. The van der Waals surface area contributed by atoms with Gasteiger partial charge in [-0.3, -0.25) is 9.59 Å². The maximum Gasteiger partial charge on any atom is 0.273 e. The first kappa shape index (κ1) is 27.1. The Labute approximate surface area is 230 Å². The van der Waals surface area contributed by atoms with E-state index in [1.54, 1.807) is 12.1 Å². The zero-order valence-electron chi connectivity index (χ0n) is 22.8. The van der Waals surface area contributed by atoms with Crippen LogP contribution in [0.5, 0.6) is 0 Å². The van der Waals surface area contributed by atoms with E-state index in [0.29, 0.717) is 23.6 Å². The molecule has 1 aromatic heterocycles. The number of rotatable bonds is 8. The third-order valence-electron chi connectivity index (χ3n) is 8.00. The van der Waals surface area contributed by atoms with E-state index in [1.807, 2.05) is 54.4 Å². The Morgan fingerprint density at radius 3 is 2.49 bits per heavy atom. The fraction of sp³-hybridized carbons (Fsp3) is 0.452. The number of carbonyl (C=O) groups is 2. The number of oxazole rings is 1. The van der Waals surface area contributed by atoms with Crippen LogP contribution < -0.4 is 5.32 Å². The van der Waals surface area contributed by atoms with Crippen molar-refractivity contribution in [3.8, 4) is 11.5 Å². The van der Waals surface area contributed by atoms with Crippen molar-refractivity contribution < 1.29 is 18.7 Å². The number of carbonyl (C=O) groups excluding carboxylic acids is 2. The van der Waals surface area contributed by atoms with Gasteiger partial charge in [0.05, 0.1) is 18.8 Å². The molecule has 2 aromatic carbocycles. The molecule has 39 heavy (non-hydrogen) atoms. The van der Waals surface area contributed by atoms with E-state index in [0.717, 1.165) is 57.2 Å². The molecule has 2 heterocycles. The highest BCUT2D eigenvalue weighted by Gasteiger charge is 2.29. The predicted molar refractivity (Wildman–Crippen MR) is 149 cm³/mol. The lowest BCUT2D eigenvalue weighted by atomic mass is 9.92. The molecule has 0 bridgehead atoms. The number of aromatic nitrogens is 1. The fourth-order valence-electron chi connectivity index (χ4n) is 5.50. The van der Waals surface area contributed by atoms with E-state index in [2.05, 4.69) is 22.2 Å². The number of nitrogens with zero attached hydrogens (tertiary/aromatic N) is 3. The van der Waals surface area contributed by atoms with E-state index in [1.165, 1.54) is 6.26 Å². The van der Waals surface area contributed by atoms with Crippen molar-refractivity contribution in [2.45, 2.75) is 63.3 Å². The minimum atomic E-state index is -0.267. The van der Waals surface area contributed by atoms with E-state index in [9.17, 15) is 9.59 Å². The minimum Gasteiger partial charge on any atom is -0.444 e. The molecule has 2 aliphatic rings. The van der Waals surface area contributed by atoms with Gasteiger partial charge in [0.1, 0.15) is 6.26 Å². The largest absolute Gasteiger partial charge is 0.444 e. The van der Waals surface area contributed by atoms with Gasteiger partial charge in [0, 0.05) is 24.2 Å². The molecule has 8 nitrogen and oxygen atoms in total. The summed E-state index contributed by atoms with van der Waals surface area (Å²) in [6.07, 6.45) is 7.26. The smallest absolute Gasteiger partial charge is 0.273 e. The number of ether oxygens (including phenoxy) is 1. The second kappa shape index (κ2) is 12.6. The van der Waals surface area contributed by atoms with Crippen molar-refractivity contribution in [1.29, 1.82) is 0 Å². The standard InChI is InChI=1S/C31H38N4O4/c1-34-18-16-25(17-19-34)35(2)31(37)24-14-12-23(13-15-24)30-33-27(21-39-30)29(36)32-26-10-6-7-11-28(26)38-20-22-8-4-3-5-9-22/h3-5,8-9,12-15,21,25-26,28H,6-7,10-11,16-20H2,1-2H3,(H,32,36)/t26-,28-/m0/s1. The monoisotopic (exact) mass is 530 g/mol. The first-order valence-corrected chi connectivity index (χ1v) is 14.0. The van der Waals surface area contributed by atoms with Crippen molar-refractivity contribution in [2.24, 2.45) is 0 Å². The fourth-order valence-corrected chi connectivity index (χ4v) is 5.50. The number of nitrogens with one attached hydrogen (secondary N) is 1. The predicted octanol–water partition coefficient (Wildman–Crippen LogP) is 4.77. The number of hydrogen-bond donors (Lipinski definition) is 1. The zero-order chi connectivity index (χ0) is 27.2. The molecule has 2 fully saturated rings. The van der Waals surface area contributed by atoms with Crippen LogP contribution in [0.1, 0.15) is 64.9 Å².